The molecule has 0 amide bonds. The summed E-state index contributed by atoms with van der Waals surface area (Å²) in [5.74, 6) is 1.42. The number of hydrogen-bond donors (Lipinski definition) is 1. The van der Waals surface area contributed by atoms with E-state index < -0.39 is 0 Å². The van der Waals surface area contributed by atoms with Crippen LogP contribution in [0.15, 0.2) is 40.5 Å². The summed E-state index contributed by atoms with van der Waals surface area (Å²) in [6.07, 6.45) is 1.56. The lowest BCUT2D eigenvalue weighted by Gasteiger charge is -2.12. The van der Waals surface area contributed by atoms with Crippen LogP contribution in [0.5, 0.6) is 5.75 Å². The van der Waals surface area contributed by atoms with Crippen LogP contribution in [0.4, 0.5) is 5.82 Å². The van der Waals surface area contributed by atoms with Gasteiger partial charge in [0.25, 0.3) is 0 Å². The second-order valence-electron chi connectivity index (χ2n) is 3.96. The third-order valence-corrected chi connectivity index (χ3v) is 3.78. The maximum Gasteiger partial charge on any atom is 0.194 e. The van der Waals surface area contributed by atoms with Crippen molar-refractivity contribution in [3.05, 3.63) is 36.2 Å². The molecule has 0 fully saturated rings. The lowest BCUT2D eigenvalue weighted by molar-refractivity contribution is 0.400. The lowest BCUT2D eigenvalue weighted by atomic mass is 10.2. The van der Waals surface area contributed by atoms with Gasteiger partial charge in [0.05, 0.1) is 7.11 Å². The van der Waals surface area contributed by atoms with Crippen molar-refractivity contribution in [2.45, 2.75) is 23.8 Å². The number of methoxy groups -OCH3 is 1. The quantitative estimate of drug-likeness (QED) is 0.848. The van der Waals surface area contributed by atoms with Crippen molar-refractivity contribution in [1.29, 1.82) is 0 Å². The molecule has 19 heavy (non-hydrogen) atoms. The molecule has 1 heterocycles. The normalized spacial score (nSPS) is 10.3. The minimum atomic E-state index is 0.692. The van der Waals surface area contributed by atoms with Gasteiger partial charge in [-0.2, -0.15) is 0 Å². The average Bonchev–Trinajstić information content (AvgIpc) is 2.42. The highest BCUT2D eigenvalue weighted by Crippen LogP contribution is 2.37. The van der Waals surface area contributed by atoms with E-state index in [4.69, 9.17) is 4.74 Å². The molecule has 0 spiro atoms. The highest BCUT2D eigenvalue weighted by Gasteiger charge is 2.13. The maximum absolute atomic E-state index is 5.43. The smallest absolute Gasteiger partial charge is 0.194 e. The molecular weight excluding hydrogens is 258 g/mol. The van der Waals surface area contributed by atoms with Crippen molar-refractivity contribution >= 4 is 17.6 Å². The average molecular weight is 275 g/mol. The minimum Gasteiger partial charge on any atom is -0.490 e. The van der Waals surface area contributed by atoms with E-state index in [-0.39, 0.29) is 0 Å². The Hall–Kier alpha value is -1.75. The Balaban J connectivity index is 2.35. The highest BCUT2D eigenvalue weighted by molar-refractivity contribution is 7.99. The number of anilines is 1. The Morgan fingerprint density at radius 3 is 2.74 bits per heavy atom. The molecular formula is C14H17N3OS. The summed E-state index contributed by atoms with van der Waals surface area (Å²) in [6.45, 7) is 4.90. The van der Waals surface area contributed by atoms with E-state index in [1.807, 2.05) is 19.1 Å². The number of nitrogens with one attached hydrogen (secondary N) is 1. The molecule has 100 valence electrons. The van der Waals surface area contributed by atoms with Gasteiger partial charge in [0.2, 0.25) is 0 Å². The van der Waals surface area contributed by atoms with Crippen molar-refractivity contribution in [3.63, 3.8) is 0 Å². The molecule has 1 aromatic heterocycles. The van der Waals surface area contributed by atoms with Crippen LogP contribution < -0.4 is 10.1 Å². The summed E-state index contributed by atoms with van der Waals surface area (Å²) in [4.78, 5) is 9.69. The number of aryl methyl sites for hydroxylation is 1. The first-order valence-corrected chi connectivity index (χ1v) is 6.94. The molecule has 0 atom stereocenters. The van der Waals surface area contributed by atoms with E-state index in [1.165, 1.54) is 10.5 Å². The largest absolute Gasteiger partial charge is 0.490 e. The van der Waals surface area contributed by atoms with Crippen molar-refractivity contribution in [2.75, 3.05) is 19.0 Å². The minimum absolute atomic E-state index is 0.692. The van der Waals surface area contributed by atoms with E-state index in [9.17, 15) is 0 Å². The summed E-state index contributed by atoms with van der Waals surface area (Å²) in [7, 11) is 1.64. The van der Waals surface area contributed by atoms with Crippen molar-refractivity contribution < 1.29 is 4.74 Å². The topological polar surface area (TPSA) is 47.0 Å². The molecule has 0 saturated carbocycles. The van der Waals surface area contributed by atoms with E-state index in [0.717, 1.165) is 17.4 Å². The number of ether oxygens (including phenoxy) is 1. The SMILES string of the molecule is CCNc1ncnc(Sc2ccccc2C)c1OC. The van der Waals surface area contributed by atoms with Crippen LogP contribution >= 0.6 is 11.8 Å². The summed E-state index contributed by atoms with van der Waals surface area (Å²) in [5.41, 5.74) is 1.22. The van der Waals surface area contributed by atoms with Gasteiger partial charge in [-0.15, -0.1) is 0 Å². The fraction of sp³-hybridized carbons (Fsp3) is 0.286. The highest BCUT2D eigenvalue weighted by atomic mass is 32.2. The summed E-state index contributed by atoms with van der Waals surface area (Å²) in [6, 6.07) is 8.21. The molecule has 4 nitrogen and oxygen atoms in total. The van der Waals surface area contributed by atoms with Crippen molar-refractivity contribution in [1.82, 2.24) is 9.97 Å². The fourth-order valence-corrected chi connectivity index (χ4v) is 2.64. The van der Waals surface area contributed by atoms with Crippen LogP contribution in [0.1, 0.15) is 12.5 Å². The first kappa shape index (κ1) is 13.7. The Morgan fingerprint density at radius 2 is 2.05 bits per heavy atom. The van der Waals surface area contributed by atoms with Crippen LogP contribution in [0.25, 0.3) is 0 Å². The molecule has 0 aliphatic heterocycles. The third-order valence-electron chi connectivity index (χ3n) is 2.62. The zero-order valence-corrected chi connectivity index (χ0v) is 12.1. The fourth-order valence-electron chi connectivity index (χ4n) is 1.68. The van der Waals surface area contributed by atoms with E-state index in [1.54, 1.807) is 25.2 Å². The molecule has 0 saturated heterocycles. The second-order valence-corrected chi connectivity index (χ2v) is 4.99. The van der Waals surface area contributed by atoms with Crippen molar-refractivity contribution in [2.24, 2.45) is 0 Å². The number of rotatable bonds is 5. The van der Waals surface area contributed by atoms with Gasteiger partial charge < -0.3 is 10.1 Å². The molecule has 2 aromatic rings. The third kappa shape index (κ3) is 3.17. The van der Waals surface area contributed by atoms with Gasteiger partial charge in [0, 0.05) is 11.4 Å². The molecule has 1 N–H and O–H groups in total. The Bertz CT molecular complexity index is 560. The zero-order chi connectivity index (χ0) is 13.7. The Morgan fingerprint density at radius 1 is 1.26 bits per heavy atom. The molecule has 0 radical (unpaired) electrons. The first-order chi connectivity index (χ1) is 9.26. The van der Waals surface area contributed by atoms with E-state index >= 15 is 0 Å². The molecule has 5 heteroatoms. The number of nitrogens with zero attached hydrogens (tertiary/aromatic N) is 2. The van der Waals surface area contributed by atoms with E-state index in [0.29, 0.717) is 5.75 Å². The van der Waals surface area contributed by atoms with Gasteiger partial charge in [0.1, 0.15) is 11.4 Å². The predicted octanol–water partition coefficient (Wildman–Crippen LogP) is 3.38. The number of benzene rings is 1. The maximum atomic E-state index is 5.43. The predicted molar refractivity (Wildman–Crippen MR) is 78.0 cm³/mol. The molecule has 1 aromatic carbocycles. The molecule has 0 aliphatic carbocycles. The van der Waals surface area contributed by atoms with Gasteiger partial charge >= 0.3 is 0 Å². The molecule has 0 unspecified atom stereocenters. The van der Waals surface area contributed by atoms with Gasteiger partial charge in [0.15, 0.2) is 11.6 Å². The Kier molecular flexibility index (Phi) is 4.63. The van der Waals surface area contributed by atoms with Gasteiger partial charge in [-0.05, 0) is 25.5 Å². The van der Waals surface area contributed by atoms with E-state index in [2.05, 4.69) is 34.3 Å². The van der Waals surface area contributed by atoms with Crippen molar-refractivity contribution in [3.8, 4) is 5.75 Å². The monoisotopic (exact) mass is 275 g/mol. The second kappa shape index (κ2) is 6.43. The summed E-state index contributed by atoms with van der Waals surface area (Å²) >= 11 is 1.59. The lowest BCUT2D eigenvalue weighted by Crippen LogP contribution is -2.03. The summed E-state index contributed by atoms with van der Waals surface area (Å²) in [5, 5.41) is 4.00. The van der Waals surface area contributed by atoms with Gasteiger partial charge in [-0.1, -0.05) is 30.0 Å². The zero-order valence-electron chi connectivity index (χ0n) is 11.3. The van der Waals surface area contributed by atoms with Crippen LogP contribution in [0, 0.1) is 6.92 Å². The van der Waals surface area contributed by atoms with Crippen LogP contribution in [-0.2, 0) is 0 Å². The molecule has 2 rings (SSSR count). The Labute approximate surface area is 117 Å². The summed E-state index contributed by atoms with van der Waals surface area (Å²) < 4.78 is 5.43. The number of hydrogen-bond acceptors (Lipinski definition) is 5. The standard InChI is InChI=1S/C14H17N3OS/c1-4-15-13-12(18-3)14(17-9-16-13)19-11-8-6-5-7-10(11)2/h5-9H,4H2,1-3H3,(H,15,16,17). The first-order valence-electron chi connectivity index (χ1n) is 6.12. The van der Waals surface area contributed by atoms with Crippen LogP contribution in [-0.4, -0.2) is 23.6 Å². The molecule has 0 aliphatic rings. The molecule has 0 bridgehead atoms. The van der Waals surface area contributed by atoms with Gasteiger partial charge in [-0.25, -0.2) is 9.97 Å². The van der Waals surface area contributed by atoms with Crippen LogP contribution in [0.2, 0.25) is 0 Å². The van der Waals surface area contributed by atoms with Gasteiger partial charge in [-0.3, -0.25) is 0 Å². The number of aromatic nitrogens is 2. The van der Waals surface area contributed by atoms with Crippen LogP contribution in [0.3, 0.4) is 0 Å².